The van der Waals surface area contributed by atoms with Gasteiger partial charge in [0, 0.05) is 0 Å². The molecule has 0 saturated carbocycles. The average molecular weight is 432 g/mol. The van der Waals surface area contributed by atoms with Gasteiger partial charge in [-0.1, -0.05) is 0 Å². The average Bonchev–Trinajstić information content (AvgIpc) is 2.32. The monoisotopic (exact) mass is 432 g/mol. The van der Waals surface area contributed by atoms with Crippen molar-refractivity contribution in [3.05, 3.63) is 11.4 Å². The van der Waals surface area contributed by atoms with Gasteiger partial charge in [0.15, 0.2) is 0 Å². The van der Waals surface area contributed by atoms with Gasteiger partial charge in [0.25, 0.3) is 12.1 Å². The van der Waals surface area contributed by atoms with Crippen LogP contribution in [0.3, 0.4) is 0 Å². The minimum absolute atomic E-state index is 5.31. The molecule has 0 aliphatic carbocycles. The molecule has 0 aromatic rings. The quantitative estimate of drug-likeness (QED) is 0.470. The Balaban J connectivity index is 7.61. The Kier molecular flexibility index (Phi) is 5.96. The minimum Gasteiger partial charge on any atom is -0.222 e. The summed E-state index contributed by atoms with van der Waals surface area (Å²) in [6.07, 6.45) is -37.1. The smallest absolute Gasteiger partial charge is 0.222 e. The number of alkyl halides is 16. The standard InChI is InChI=1S/C9HF17/c10-2(6(15,16)17)1(4(13,3(11)12)7(18,19)20)5(14,8(21,22)23)9(24,25)26/h3H. The maximum absolute atomic E-state index is 13.5. The van der Waals surface area contributed by atoms with Crippen molar-refractivity contribution in [3.63, 3.8) is 0 Å². The van der Waals surface area contributed by atoms with E-state index in [0.717, 1.165) is 0 Å². The Labute approximate surface area is 130 Å². The molecule has 0 bridgehead atoms. The highest BCUT2D eigenvalue weighted by Gasteiger charge is 2.84. The van der Waals surface area contributed by atoms with Crippen LogP contribution in [0.2, 0.25) is 0 Å². The molecule has 0 radical (unpaired) electrons. The van der Waals surface area contributed by atoms with Crippen LogP contribution in [-0.2, 0) is 0 Å². The first kappa shape index (κ1) is 24.6. The molecular formula is C9HF17. The number of rotatable bonds is 3. The van der Waals surface area contributed by atoms with Crippen LogP contribution in [0.25, 0.3) is 0 Å². The summed E-state index contributed by atoms with van der Waals surface area (Å²) in [4.78, 5) is 0. The predicted octanol–water partition coefficient (Wildman–Crippen LogP) is 6.14. The van der Waals surface area contributed by atoms with Gasteiger partial charge in [-0.2, -0.15) is 52.7 Å². The van der Waals surface area contributed by atoms with Crippen LogP contribution in [0.5, 0.6) is 0 Å². The molecule has 0 amide bonds. The van der Waals surface area contributed by atoms with E-state index in [1.54, 1.807) is 0 Å². The van der Waals surface area contributed by atoms with Gasteiger partial charge < -0.3 is 0 Å². The van der Waals surface area contributed by atoms with E-state index in [2.05, 4.69) is 0 Å². The number of allylic oxidation sites excluding steroid dienone is 2. The largest absolute Gasteiger partial charge is 0.443 e. The highest BCUT2D eigenvalue weighted by atomic mass is 19.4. The van der Waals surface area contributed by atoms with Crippen LogP contribution in [0.4, 0.5) is 74.6 Å². The lowest BCUT2D eigenvalue weighted by Gasteiger charge is -2.39. The number of halogens is 17. The zero-order chi connectivity index (χ0) is 21.7. The van der Waals surface area contributed by atoms with Gasteiger partial charge in [-0.25, -0.2) is 22.0 Å². The molecule has 0 heterocycles. The van der Waals surface area contributed by atoms with E-state index in [-0.39, 0.29) is 0 Å². The van der Waals surface area contributed by atoms with E-state index in [9.17, 15) is 74.6 Å². The zero-order valence-corrected chi connectivity index (χ0v) is 11.0. The van der Waals surface area contributed by atoms with Crippen molar-refractivity contribution in [2.24, 2.45) is 0 Å². The maximum atomic E-state index is 13.5. The molecule has 0 aromatic heterocycles. The van der Waals surface area contributed by atoms with E-state index in [1.807, 2.05) is 0 Å². The molecule has 26 heavy (non-hydrogen) atoms. The molecule has 0 aliphatic rings. The summed E-state index contributed by atoms with van der Waals surface area (Å²) in [6, 6.07) is 0. The second-order valence-electron chi connectivity index (χ2n) is 4.35. The highest BCUT2D eigenvalue weighted by Crippen LogP contribution is 2.60. The third kappa shape index (κ3) is 3.65. The van der Waals surface area contributed by atoms with Crippen molar-refractivity contribution in [2.75, 3.05) is 0 Å². The fourth-order valence-corrected chi connectivity index (χ4v) is 1.52. The Morgan fingerprint density at radius 2 is 0.846 bits per heavy atom. The summed E-state index contributed by atoms with van der Waals surface area (Å²) in [5.74, 6) is -5.31. The lowest BCUT2D eigenvalue weighted by Crippen LogP contribution is -2.64. The molecule has 0 spiro atoms. The van der Waals surface area contributed by atoms with Crippen LogP contribution >= 0.6 is 0 Å². The molecule has 17 heteroatoms. The molecule has 0 aliphatic heterocycles. The summed E-state index contributed by atoms with van der Waals surface area (Å²) in [5.41, 5.74) is -21.3. The maximum Gasteiger partial charge on any atom is 0.443 e. The van der Waals surface area contributed by atoms with Crippen molar-refractivity contribution < 1.29 is 74.6 Å². The number of hydrogen-bond donors (Lipinski definition) is 0. The van der Waals surface area contributed by atoms with Gasteiger partial charge in [0.05, 0.1) is 5.57 Å². The van der Waals surface area contributed by atoms with Crippen molar-refractivity contribution in [1.29, 1.82) is 0 Å². The van der Waals surface area contributed by atoms with Crippen LogP contribution in [0.15, 0.2) is 11.4 Å². The summed E-state index contributed by atoms with van der Waals surface area (Å²) in [6.45, 7) is 0. The zero-order valence-electron chi connectivity index (χ0n) is 11.0. The van der Waals surface area contributed by atoms with E-state index in [0.29, 0.717) is 0 Å². The molecule has 0 aromatic carbocycles. The predicted molar refractivity (Wildman–Crippen MR) is 46.0 cm³/mol. The minimum atomic E-state index is -8.10. The van der Waals surface area contributed by atoms with Crippen molar-refractivity contribution >= 4 is 0 Å². The summed E-state index contributed by atoms with van der Waals surface area (Å²) < 4.78 is 212. The molecule has 0 saturated heterocycles. The first-order valence-corrected chi connectivity index (χ1v) is 5.31. The molecule has 156 valence electrons. The topological polar surface area (TPSA) is 0 Å². The van der Waals surface area contributed by atoms with Crippen LogP contribution in [-0.4, -0.2) is 42.5 Å². The van der Waals surface area contributed by atoms with Crippen LogP contribution in [0.1, 0.15) is 0 Å². The van der Waals surface area contributed by atoms with Gasteiger partial charge >= 0.3 is 30.4 Å². The SMILES string of the molecule is FC(=C(C(F)(C(F)F)C(F)(F)F)C(F)(C(F)(F)F)C(F)(F)F)C(F)(F)F. The molecule has 1 unspecified atom stereocenters. The van der Waals surface area contributed by atoms with Crippen molar-refractivity contribution in [3.8, 4) is 0 Å². The Bertz CT molecular complexity index is 525. The Hall–Kier alpha value is -1.45. The Morgan fingerprint density at radius 3 is 1.00 bits per heavy atom. The van der Waals surface area contributed by atoms with Crippen LogP contribution < -0.4 is 0 Å². The molecule has 0 N–H and O–H groups in total. The number of hydrogen-bond acceptors (Lipinski definition) is 0. The van der Waals surface area contributed by atoms with Gasteiger partial charge in [-0.05, 0) is 0 Å². The first-order chi connectivity index (χ1) is 11.0. The lowest BCUT2D eigenvalue weighted by molar-refractivity contribution is -0.344. The van der Waals surface area contributed by atoms with Crippen LogP contribution in [0, 0.1) is 0 Å². The fraction of sp³-hybridized carbons (Fsp3) is 0.778. The molecule has 0 nitrogen and oxygen atoms in total. The second kappa shape index (κ2) is 6.31. The van der Waals surface area contributed by atoms with Crippen molar-refractivity contribution in [2.45, 2.75) is 42.5 Å². The summed E-state index contributed by atoms with van der Waals surface area (Å²) >= 11 is 0. The van der Waals surface area contributed by atoms with Crippen molar-refractivity contribution in [1.82, 2.24) is 0 Å². The molecule has 0 rings (SSSR count). The second-order valence-corrected chi connectivity index (χ2v) is 4.35. The fourth-order valence-electron chi connectivity index (χ4n) is 1.52. The van der Waals surface area contributed by atoms with Gasteiger partial charge in [-0.3, -0.25) is 0 Å². The lowest BCUT2D eigenvalue weighted by atomic mass is 9.80. The Morgan fingerprint density at radius 1 is 0.538 bits per heavy atom. The summed E-state index contributed by atoms with van der Waals surface area (Å²) in [7, 11) is 0. The molecule has 1 atom stereocenters. The third-order valence-electron chi connectivity index (χ3n) is 2.67. The van der Waals surface area contributed by atoms with E-state index in [1.165, 1.54) is 0 Å². The molecule has 0 fully saturated rings. The normalized spacial score (nSPS) is 18.7. The van der Waals surface area contributed by atoms with E-state index in [4.69, 9.17) is 0 Å². The third-order valence-corrected chi connectivity index (χ3v) is 2.67. The van der Waals surface area contributed by atoms with Gasteiger partial charge in [-0.15, -0.1) is 0 Å². The van der Waals surface area contributed by atoms with E-state index >= 15 is 0 Å². The van der Waals surface area contributed by atoms with Gasteiger partial charge in [0.2, 0.25) is 5.83 Å². The van der Waals surface area contributed by atoms with Gasteiger partial charge in [0.1, 0.15) is 0 Å². The summed E-state index contributed by atoms with van der Waals surface area (Å²) in [5, 5.41) is 0. The highest BCUT2D eigenvalue weighted by molar-refractivity contribution is 5.39. The first-order valence-electron chi connectivity index (χ1n) is 5.31. The molecular weight excluding hydrogens is 431 g/mol. The van der Waals surface area contributed by atoms with E-state index < -0.39 is 53.9 Å².